The molecule has 0 aliphatic rings. The second-order valence-electron chi connectivity index (χ2n) is 9.88. The van der Waals surface area contributed by atoms with E-state index in [0.29, 0.717) is 12.8 Å². The van der Waals surface area contributed by atoms with Crippen molar-refractivity contribution >= 4 is 17.6 Å². The fraction of sp³-hybridized carbons (Fsp3) is 0.733. The largest absolute Gasteiger partial charge is 0.481 e. The molecular formula is C30H51NO3. The number of aliphatic carboxylic acids is 1. The molecule has 0 atom stereocenters. The van der Waals surface area contributed by atoms with E-state index in [1.54, 1.807) is 0 Å². The van der Waals surface area contributed by atoms with Crippen LogP contribution in [0.2, 0.25) is 0 Å². The molecule has 0 saturated heterocycles. The highest BCUT2D eigenvalue weighted by Crippen LogP contribution is 2.15. The molecule has 0 aliphatic heterocycles. The van der Waals surface area contributed by atoms with Crippen molar-refractivity contribution in [3.63, 3.8) is 0 Å². The summed E-state index contributed by atoms with van der Waals surface area (Å²) in [4.78, 5) is 22.3. The highest BCUT2D eigenvalue weighted by molar-refractivity contribution is 5.90. The van der Waals surface area contributed by atoms with E-state index in [2.05, 4.69) is 5.32 Å². The Balaban J connectivity index is 1.70. The average Bonchev–Trinajstić information content (AvgIpc) is 2.82. The third-order valence-corrected chi connectivity index (χ3v) is 6.60. The first-order chi connectivity index (χ1) is 16.7. The first-order valence-electron chi connectivity index (χ1n) is 14.2. The van der Waals surface area contributed by atoms with Crippen LogP contribution in [0.3, 0.4) is 0 Å². The monoisotopic (exact) mass is 473 g/mol. The van der Waals surface area contributed by atoms with Crippen LogP contribution >= 0.6 is 0 Å². The molecule has 34 heavy (non-hydrogen) atoms. The predicted octanol–water partition coefficient (Wildman–Crippen LogP) is 9.29. The van der Waals surface area contributed by atoms with Gasteiger partial charge in [0.2, 0.25) is 5.91 Å². The Kier molecular flexibility index (Phi) is 20.4. The van der Waals surface area contributed by atoms with Crippen molar-refractivity contribution < 1.29 is 14.7 Å². The first-order valence-corrected chi connectivity index (χ1v) is 14.2. The van der Waals surface area contributed by atoms with Gasteiger partial charge in [0.1, 0.15) is 0 Å². The van der Waals surface area contributed by atoms with E-state index in [-0.39, 0.29) is 5.91 Å². The normalized spacial score (nSPS) is 10.9. The summed E-state index contributed by atoms with van der Waals surface area (Å²) < 4.78 is 0. The summed E-state index contributed by atoms with van der Waals surface area (Å²) >= 11 is 0. The number of anilines is 1. The molecule has 0 unspecified atom stereocenters. The average molecular weight is 474 g/mol. The van der Waals surface area contributed by atoms with Gasteiger partial charge in [-0.1, -0.05) is 134 Å². The number of carboxylic acids is 1. The number of hydrogen-bond acceptors (Lipinski definition) is 2. The molecule has 0 aromatic heterocycles. The molecule has 0 heterocycles. The maximum atomic E-state index is 11.9. The van der Waals surface area contributed by atoms with Crippen LogP contribution in [0, 0.1) is 0 Å². The molecule has 1 rings (SSSR count). The quantitative estimate of drug-likeness (QED) is 0.147. The van der Waals surface area contributed by atoms with Crippen molar-refractivity contribution in [2.75, 3.05) is 5.32 Å². The second kappa shape index (κ2) is 22.9. The number of amides is 1. The lowest BCUT2D eigenvalue weighted by atomic mass is 10.0. The van der Waals surface area contributed by atoms with Crippen LogP contribution in [0.5, 0.6) is 0 Å². The molecule has 2 N–H and O–H groups in total. The van der Waals surface area contributed by atoms with Crippen molar-refractivity contribution in [2.24, 2.45) is 0 Å². The Morgan fingerprint density at radius 2 is 0.824 bits per heavy atom. The van der Waals surface area contributed by atoms with Crippen molar-refractivity contribution in [1.82, 2.24) is 0 Å². The predicted molar refractivity (Wildman–Crippen MR) is 144 cm³/mol. The van der Waals surface area contributed by atoms with Crippen LogP contribution in [0.1, 0.15) is 141 Å². The third kappa shape index (κ3) is 20.7. The Morgan fingerprint density at radius 1 is 0.500 bits per heavy atom. The number of carboxylic acid groups (broad SMARTS) is 1. The van der Waals surface area contributed by atoms with Gasteiger partial charge < -0.3 is 10.4 Å². The lowest BCUT2D eigenvalue weighted by molar-refractivity contribution is -0.137. The van der Waals surface area contributed by atoms with Crippen LogP contribution in [0.25, 0.3) is 0 Å². The lowest BCUT2D eigenvalue weighted by Crippen LogP contribution is -2.10. The number of carbonyl (C=O) groups excluding carboxylic acids is 1. The minimum atomic E-state index is -0.662. The van der Waals surface area contributed by atoms with Crippen LogP contribution in [-0.4, -0.2) is 17.0 Å². The van der Waals surface area contributed by atoms with Crippen molar-refractivity contribution in [3.8, 4) is 0 Å². The Labute approximate surface area is 209 Å². The smallest absolute Gasteiger partial charge is 0.303 e. The number of para-hydroxylation sites is 1. The number of benzene rings is 1. The highest BCUT2D eigenvalue weighted by Gasteiger charge is 2.02. The summed E-state index contributed by atoms with van der Waals surface area (Å²) in [5.74, 6) is -0.529. The van der Waals surface area contributed by atoms with Gasteiger partial charge >= 0.3 is 5.97 Å². The van der Waals surface area contributed by atoms with Gasteiger partial charge in [-0.15, -0.1) is 0 Å². The van der Waals surface area contributed by atoms with Crippen LogP contribution < -0.4 is 5.32 Å². The molecule has 1 aromatic rings. The molecule has 4 nitrogen and oxygen atoms in total. The maximum absolute atomic E-state index is 11.9. The molecule has 1 aromatic carbocycles. The number of nitrogens with one attached hydrogen (secondary N) is 1. The van der Waals surface area contributed by atoms with Crippen molar-refractivity contribution in [3.05, 3.63) is 30.3 Å². The van der Waals surface area contributed by atoms with Gasteiger partial charge in [-0.2, -0.15) is 0 Å². The summed E-state index contributed by atoms with van der Waals surface area (Å²) in [6.07, 6.45) is 26.5. The lowest BCUT2D eigenvalue weighted by Gasteiger charge is -2.05. The fourth-order valence-corrected chi connectivity index (χ4v) is 4.49. The van der Waals surface area contributed by atoms with Crippen LogP contribution in [0.4, 0.5) is 5.69 Å². The summed E-state index contributed by atoms with van der Waals surface area (Å²) in [6, 6.07) is 9.70. The number of hydrogen-bond donors (Lipinski definition) is 2. The maximum Gasteiger partial charge on any atom is 0.303 e. The zero-order chi connectivity index (χ0) is 24.5. The molecule has 0 fully saturated rings. The SMILES string of the molecule is O=C(O)CCCCCCCCCCCCCCCCCCCCCCC(=O)Nc1ccccc1. The highest BCUT2D eigenvalue weighted by atomic mass is 16.4. The summed E-state index contributed by atoms with van der Waals surface area (Å²) in [5, 5.41) is 11.6. The molecular weight excluding hydrogens is 422 g/mol. The first kappa shape index (κ1) is 30.2. The van der Waals surface area contributed by atoms with Gasteiger partial charge in [0.15, 0.2) is 0 Å². The second-order valence-corrected chi connectivity index (χ2v) is 9.88. The topological polar surface area (TPSA) is 66.4 Å². The Morgan fingerprint density at radius 3 is 1.18 bits per heavy atom. The van der Waals surface area contributed by atoms with E-state index >= 15 is 0 Å². The molecule has 1 amide bonds. The Bertz CT molecular complexity index is 602. The standard InChI is InChI=1S/C30H51NO3/c32-29(31-28-24-20-19-21-25-28)26-22-17-15-13-11-9-7-5-3-1-2-4-6-8-10-12-14-16-18-23-27-30(33)34/h19-21,24-25H,1-18,22-23,26-27H2,(H,31,32)(H,33,34). The minimum Gasteiger partial charge on any atom is -0.481 e. The molecule has 0 saturated carbocycles. The molecule has 4 heteroatoms. The molecule has 0 radical (unpaired) electrons. The van der Waals surface area contributed by atoms with Crippen LogP contribution in [0.15, 0.2) is 30.3 Å². The molecule has 194 valence electrons. The molecule has 0 aliphatic carbocycles. The van der Waals surface area contributed by atoms with E-state index < -0.39 is 5.97 Å². The van der Waals surface area contributed by atoms with Gasteiger partial charge in [0.05, 0.1) is 0 Å². The zero-order valence-corrected chi connectivity index (χ0v) is 21.7. The number of unbranched alkanes of at least 4 members (excludes halogenated alkanes) is 19. The van der Waals surface area contributed by atoms with Gasteiger partial charge in [-0.3, -0.25) is 9.59 Å². The zero-order valence-electron chi connectivity index (χ0n) is 21.7. The van der Waals surface area contributed by atoms with Crippen molar-refractivity contribution in [2.45, 2.75) is 141 Å². The van der Waals surface area contributed by atoms with E-state index in [9.17, 15) is 9.59 Å². The van der Waals surface area contributed by atoms with Gasteiger partial charge in [0.25, 0.3) is 0 Å². The number of carbonyl (C=O) groups is 2. The third-order valence-electron chi connectivity index (χ3n) is 6.60. The van der Waals surface area contributed by atoms with E-state index in [1.165, 1.54) is 103 Å². The molecule has 0 spiro atoms. The van der Waals surface area contributed by atoms with E-state index in [4.69, 9.17) is 5.11 Å². The van der Waals surface area contributed by atoms with E-state index in [1.807, 2.05) is 30.3 Å². The minimum absolute atomic E-state index is 0.132. The molecule has 0 bridgehead atoms. The van der Waals surface area contributed by atoms with E-state index in [0.717, 1.165) is 31.4 Å². The van der Waals surface area contributed by atoms with Crippen LogP contribution in [-0.2, 0) is 9.59 Å². The Hall–Kier alpha value is -1.84. The fourth-order valence-electron chi connectivity index (χ4n) is 4.49. The summed E-state index contributed by atoms with van der Waals surface area (Å²) in [5.41, 5.74) is 0.891. The number of rotatable bonds is 24. The summed E-state index contributed by atoms with van der Waals surface area (Å²) in [7, 11) is 0. The van der Waals surface area contributed by atoms with Gasteiger partial charge in [-0.05, 0) is 25.0 Å². The van der Waals surface area contributed by atoms with Gasteiger partial charge in [0, 0.05) is 18.5 Å². The van der Waals surface area contributed by atoms with Crippen molar-refractivity contribution in [1.29, 1.82) is 0 Å². The summed E-state index contributed by atoms with van der Waals surface area (Å²) in [6.45, 7) is 0. The van der Waals surface area contributed by atoms with Gasteiger partial charge in [-0.25, -0.2) is 0 Å².